The number of rotatable bonds is 4. The Bertz CT molecular complexity index is 1120. The number of nitrogens with two attached hydrogens (primary N) is 1. The lowest BCUT2D eigenvalue weighted by Crippen LogP contribution is -2.10. The average Bonchev–Trinajstić information content (AvgIpc) is 2.70. The van der Waals surface area contributed by atoms with Crippen LogP contribution >= 0.6 is 0 Å². The van der Waals surface area contributed by atoms with Crippen LogP contribution in [0.4, 0.5) is 11.5 Å². The predicted octanol–water partition coefficient (Wildman–Crippen LogP) is 4.45. The van der Waals surface area contributed by atoms with Gasteiger partial charge in [0.15, 0.2) is 5.82 Å². The molecule has 0 spiro atoms. The summed E-state index contributed by atoms with van der Waals surface area (Å²) in [6.07, 6.45) is 0. The maximum absolute atomic E-state index is 11.3. The van der Waals surface area contributed by atoms with Gasteiger partial charge in [0.2, 0.25) is 5.91 Å². The minimum absolute atomic E-state index is 0.449. The fraction of sp³-hybridized carbons (Fsp3) is 0.0455. The van der Waals surface area contributed by atoms with Crippen molar-refractivity contribution in [3.8, 4) is 11.3 Å². The molecule has 0 aliphatic rings. The molecule has 3 aromatic carbocycles. The second-order valence-corrected chi connectivity index (χ2v) is 6.38. The minimum atomic E-state index is -0.449. The topological polar surface area (TPSA) is 80.9 Å². The van der Waals surface area contributed by atoms with E-state index < -0.39 is 5.91 Å². The number of nitrogens with one attached hydrogen (secondary N) is 1. The molecule has 4 rings (SSSR count). The van der Waals surface area contributed by atoms with Crippen molar-refractivity contribution in [3.63, 3.8) is 0 Å². The quantitative estimate of drug-likeness (QED) is 0.567. The molecule has 3 N–H and O–H groups in total. The van der Waals surface area contributed by atoms with E-state index in [1.54, 1.807) is 12.1 Å². The number of benzene rings is 3. The molecule has 4 aromatic rings. The van der Waals surface area contributed by atoms with Gasteiger partial charge in [-0.25, -0.2) is 0 Å². The van der Waals surface area contributed by atoms with E-state index in [2.05, 4.69) is 22.4 Å². The second-order valence-electron chi connectivity index (χ2n) is 6.38. The van der Waals surface area contributed by atoms with Crippen LogP contribution in [0.1, 0.15) is 15.9 Å². The number of carbonyl (C=O) groups is 1. The van der Waals surface area contributed by atoms with E-state index in [-0.39, 0.29) is 0 Å². The zero-order valence-corrected chi connectivity index (χ0v) is 14.8. The van der Waals surface area contributed by atoms with Gasteiger partial charge in [0.1, 0.15) is 5.69 Å². The zero-order valence-electron chi connectivity index (χ0n) is 14.8. The van der Waals surface area contributed by atoms with Crippen molar-refractivity contribution in [3.05, 3.63) is 83.9 Å². The Morgan fingerprint density at radius 2 is 1.52 bits per heavy atom. The van der Waals surface area contributed by atoms with E-state index in [0.29, 0.717) is 11.4 Å². The van der Waals surface area contributed by atoms with Gasteiger partial charge in [0, 0.05) is 27.6 Å². The third-order valence-corrected chi connectivity index (χ3v) is 4.44. The lowest BCUT2D eigenvalue weighted by molar-refractivity contribution is 0.100. The molecule has 0 aliphatic carbocycles. The third kappa shape index (κ3) is 3.35. The van der Waals surface area contributed by atoms with Crippen LogP contribution in [0.25, 0.3) is 22.0 Å². The molecule has 0 saturated carbocycles. The summed E-state index contributed by atoms with van der Waals surface area (Å²) in [5, 5.41) is 14.1. The number of anilines is 2. The Hall–Kier alpha value is -3.73. The fourth-order valence-corrected chi connectivity index (χ4v) is 2.98. The maximum Gasteiger partial charge on any atom is 0.248 e. The number of amides is 1. The summed E-state index contributed by atoms with van der Waals surface area (Å²) in [7, 11) is 0. The Kier molecular flexibility index (Phi) is 4.26. The Balaban J connectivity index is 1.78. The average molecular weight is 354 g/mol. The molecule has 1 heterocycles. The number of hydrogen-bond acceptors (Lipinski definition) is 4. The molecule has 1 aromatic heterocycles. The van der Waals surface area contributed by atoms with Crippen LogP contribution in [0.15, 0.2) is 72.8 Å². The van der Waals surface area contributed by atoms with Crippen LogP contribution in [0.5, 0.6) is 0 Å². The van der Waals surface area contributed by atoms with E-state index in [4.69, 9.17) is 5.73 Å². The maximum atomic E-state index is 11.3. The van der Waals surface area contributed by atoms with Crippen molar-refractivity contribution in [2.45, 2.75) is 6.92 Å². The molecule has 5 nitrogen and oxygen atoms in total. The summed E-state index contributed by atoms with van der Waals surface area (Å²) in [6, 6.07) is 23.2. The molecule has 1 amide bonds. The lowest BCUT2D eigenvalue weighted by Gasteiger charge is -2.11. The molecule has 0 aliphatic heterocycles. The van der Waals surface area contributed by atoms with E-state index in [1.165, 1.54) is 5.56 Å². The van der Waals surface area contributed by atoms with Crippen LogP contribution in [0.3, 0.4) is 0 Å². The SMILES string of the molecule is Cc1ccc(Nc2nnc(-c3ccc(C(N)=O)cc3)c3ccccc23)cc1. The first-order valence-corrected chi connectivity index (χ1v) is 8.61. The molecular formula is C22H18N4O. The second kappa shape index (κ2) is 6.88. The monoisotopic (exact) mass is 354 g/mol. The van der Waals surface area contributed by atoms with Gasteiger partial charge in [0.05, 0.1) is 0 Å². The van der Waals surface area contributed by atoms with Crippen molar-refractivity contribution < 1.29 is 4.79 Å². The first-order chi connectivity index (χ1) is 13.1. The van der Waals surface area contributed by atoms with E-state index in [9.17, 15) is 4.79 Å². The molecular weight excluding hydrogens is 336 g/mol. The standard InChI is InChI=1S/C22H18N4O/c1-14-6-12-17(13-7-14)24-22-19-5-3-2-4-18(19)20(25-26-22)15-8-10-16(11-9-15)21(23)27/h2-13H,1H3,(H2,23,27)(H,24,26). The normalized spacial score (nSPS) is 10.7. The Morgan fingerprint density at radius 3 is 2.19 bits per heavy atom. The first kappa shape index (κ1) is 16.7. The van der Waals surface area contributed by atoms with E-state index in [1.807, 2.05) is 60.7 Å². The molecule has 0 unspecified atom stereocenters. The summed E-state index contributed by atoms with van der Waals surface area (Å²) in [5.74, 6) is 0.252. The first-order valence-electron chi connectivity index (χ1n) is 8.61. The van der Waals surface area contributed by atoms with Gasteiger partial charge in [-0.15, -0.1) is 10.2 Å². The summed E-state index contributed by atoms with van der Waals surface area (Å²) in [6.45, 7) is 2.05. The van der Waals surface area contributed by atoms with Crippen molar-refractivity contribution >= 4 is 28.2 Å². The predicted molar refractivity (Wildman–Crippen MR) is 108 cm³/mol. The smallest absolute Gasteiger partial charge is 0.248 e. The molecule has 27 heavy (non-hydrogen) atoms. The Labute approximate surface area is 156 Å². The van der Waals surface area contributed by atoms with Crippen LogP contribution in [0.2, 0.25) is 0 Å². The highest BCUT2D eigenvalue weighted by molar-refractivity contribution is 6.01. The Morgan fingerprint density at radius 1 is 0.852 bits per heavy atom. The van der Waals surface area contributed by atoms with Gasteiger partial charge in [-0.1, -0.05) is 54.1 Å². The van der Waals surface area contributed by atoms with Gasteiger partial charge in [-0.3, -0.25) is 4.79 Å². The highest BCUT2D eigenvalue weighted by Crippen LogP contribution is 2.31. The number of hydrogen-bond donors (Lipinski definition) is 2. The summed E-state index contributed by atoms with van der Waals surface area (Å²) >= 11 is 0. The molecule has 0 radical (unpaired) electrons. The van der Waals surface area contributed by atoms with Gasteiger partial charge in [-0.05, 0) is 31.2 Å². The summed E-state index contributed by atoms with van der Waals surface area (Å²) in [5.41, 5.74) is 9.58. The van der Waals surface area contributed by atoms with Gasteiger partial charge >= 0.3 is 0 Å². The van der Waals surface area contributed by atoms with Gasteiger partial charge in [0.25, 0.3) is 0 Å². The van der Waals surface area contributed by atoms with Crippen molar-refractivity contribution in [2.75, 3.05) is 5.32 Å². The third-order valence-electron chi connectivity index (χ3n) is 4.44. The highest BCUT2D eigenvalue weighted by Gasteiger charge is 2.11. The number of primary amides is 1. The fourth-order valence-electron chi connectivity index (χ4n) is 2.98. The molecule has 0 atom stereocenters. The van der Waals surface area contributed by atoms with Crippen LogP contribution < -0.4 is 11.1 Å². The van der Waals surface area contributed by atoms with Crippen LogP contribution in [0, 0.1) is 6.92 Å². The summed E-state index contributed by atoms with van der Waals surface area (Å²) in [4.78, 5) is 11.3. The number of nitrogens with zero attached hydrogens (tertiary/aromatic N) is 2. The molecule has 0 saturated heterocycles. The molecule has 132 valence electrons. The number of aryl methyl sites for hydroxylation is 1. The molecule has 0 fully saturated rings. The number of carbonyl (C=O) groups excluding carboxylic acids is 1. The van der Waals surface area contributed by atoms with E-state index >= 15 is 0 Å². The highest BCUT2D eigenvalue weighted by atomic mass is 16.1. The largest absolute Gasteiger partial charge is 0.366 e. The van der Waals surface area contributed by atoms with Crippen molar-refractivity contribution in [1.29, 1.82) is 0 Å². The van der Waals surface area contributed by atoms with E-state index in [0.717, 1.165) is 27.7 Å². The van der Waals surface area contributed by atoms with Crippen molar-refractivity contribution in [2.24, 2.45) is 5.73 Å². The number of aromatic nitrogens is 2. The van der Waals surface area contributed by atoms with Gasteiger partial charge in [-0.2, -0.15) is 0 Å². The van der Waals surface area contributed by atoms with Gasteiger partial charge < -0.3 is 11.1 Å². The van der Waals surface area contributed by atoms with Crippen molar-refractivity contribution in [1.82, 2.24) is 10.2 Å². The lowest BCUT2D eigenvalue weighted by atomic mass is 10.0. The summed E-state index contributed by atoms with van der Waals surface area (Å²) < 4.78 is 0. The molecule has 5 heteroatoms. The molecule has 0 bridgehead atoms. The minimum Gasteiger partial charge on any atom is -0.366 e. The van der Waals surface area contributed by atoms with Crippen LogP contribution in [-0.4, -0.2) is 16.1 Å². The zero-order chi connectivity index (χ0) is 18.8. The number of fused-ring (bicyclic) bond motifs is 1. The van der Waals surface area contributed by atoms with Crippen LogP contribution in [-0.2, 0) is 0 Å².